The van der Waals surface area contributed by atoms with Gasteiger partial charge >= 0.3 is 0 Å². The summed E-state index contributed by atoms with van der Waals surface area (Å²) in [5.41, 5.74) is 6.68. The van der Waals surface area contributed by atoms with Gasteiger partial charge in [0.15, 0.2) is 0 Å². The van der Waals surface area contributed by atoms with Crippen LogP contribution in [-0.4, -0.2) is 26.7 Å². The molecule has 5 nitrogen and oxygen atoms in total. The van der Waals surface area contributed by atoms with Crippen LogP contribution in [0.2, 0.25) is 0 Å². The van der Waals surface area contributed by atoms with Crippen LogP contribution in [0.1, 0.15) is 35.4 Å². The van der Waals surface area contributed by atoms with Gasteiger partial charge in [0.1, 0.15) is 5.69 Å². The van der Waals surface area contributed by atoms with E-state index in [0.29, 0.717) is 0 Å². The zero-order chi connectivity index (χ0) is 17.1. The van der Waals surface area contributed by atoms with Gasteiger partial charge in [0.05, 0.1) is 18.5 Å². The van der Waals surface area contributed by atoms with Crippen molar-refractivity contribution in [1.29, 1.82) is 0 Å². The van der Waals surface area contributed by atoms with E-state index in [0.717, 1.165) is 12.8 Å². The molecule has 2 aromatic carbocycles. The molecule has 1 heterocycles. The SMILES string of the molecule is C[C@H](O)[C@@H](CCc1ccc2ccccc2c1)n1cnc(C(N)=O)c1. The highest BCUT2D eigenvalue weighted by Gasteiger charge is 2.18. The summed E-state index contributed by atoms with van der Waals surface area (Å²) in [5, 5.41) is 12.5. The summed E-state index contributed by atoms with van der Waals surface area (Å²) < 4.78 is 1.77. The lowest BCUT2D eigenvalue weighted by Gasteiger charge is -2.21. The molecule has 2 atom stereocenters. The van der Waals surface area contributed by atoms with Gasteiger partial charge in [0.2, 0.25) is 0 Å². The number of fused-ring (bicyclic) bond motifs is 1. The monoisotopic (exact) mass is 323 g/mol. The van der Waals surface area contributed by atoms with E-state index in [1.54, 1.807) is 24.0 Å². The Balaban J connectivity index is 1.76. The van der Waals surface area contributed by atoms with Gasteiger partial charge in [-0.2, -0.15) is 0 Å². The van der Waals surface area contributed by atoms with Gasteiger partial charge in [-0.3, -0.25) is 4.79 Å². The minimum absolute atomic E-state index is 0.155. The lowest BCUT2D eigenvalue weighted by molar-refractivity contribution is 0.0994. The van der Waals surface area contributed by atoms with E-state index in [9.17, 15) is 9.90 Å². The molecule has 0 aliphatic carbocycles. The summed E-state index contributed by atoms with van der Waals surface area (Å²) in [4.78, 5) is 15.2. The van der Waals surface area contributed by atoms with Crippen molar-refractivity contribution in [2.45, 2.75) is 31.9 Å². The number of imidazole rings is 1. The number of hydrogen-bond acceptors (Lipinski definition) is 3. The molecular formula is C19H21N3O2. The number of aliphatic hydroxyl groups excluding tert-OH is 1. The number of carbonyl (C=O) groups excluding carboxylic acids is 1. The van der Waals surface area contributed by atoms with Gasteiger partial charge in [0, 0.05) is 6.20 Å². The number of carbonyl (C=O) groups is 1. The maximum absolute atomic E-state index is 11.2. The topological polar surface area (TPSA) is 81.1 Å². The fraction of sp³-hybridized carbons (Fsp3) is 0.263. The van der Waals surface area contributed by atoms with E-state index in [-0.39, 0.29) is 11.7 Å². The van der Waals surface area contributed by atoms with Gasteiger partial charge < -0.3 is 15.4 Å². The normalized spacial score (nSPS) is 13.8. The van der Waals surface area contributed by atoms with Crippen LogP contribution in [0.5, 0.6) is 0 Å². The first kappa shape index (κ1) is 16.2. The third-order valence-corrected chi connectivity index (χ3v) is 4.34. The molecule has 0 unspecified atom stereocenters. The van der Waals surface area contributed by atoms with Crippen molar-refractivity contribution >= 4 is 16.7 Å². The third-order valence-electron chi connectivity index (χ3n) is 4.34. The number of benzene rings is 2. The van der Waals surface area contributed by atoms with E-state index < -0.39 is 12.0 Å². The van der Waals surface area contributed by atoms with E-state index in [2.05, 4.69) is 35.3 Å². The molecule has 0 saturated carbocycles. The molecule has 0 aliphatic rings. The number of rotatable bonds is 6. The van der Waals surface area contributed by atoms with Crippen molar-refractivity contribution in [3.63, 3.8) is 0 Å². The number of nitrogens with two attached hydrogens (primary N) is 1. The highest BCUT2D eigenvalue weighted by Crippen LogP contribution is 2.22. The van der Waals surface area contributed by atoms with Crippen LogP contribution < -0.4 is 5.73 Å². The average Bonchev–Trinajstić information content (AvgIpc) is 3.04. The van der Waals surface area contributed by atoms with Gasteiger partial charge in [-0.15, -0.1) is 0 Å². The molecular weight excluding hydrogens is 302 g/mol. The first-order valence-electron chi connectivity index (χ1n) is 8.03. The maximum Gasteiger partial charge on any atom is 0.268 e. The van der Waals surface area contributed by atoms with Crippen LogP contribution in [0, 0.1) is 0 Å². The Morgan fingerprint density at radius 2 is 2.00 bits per heavy atom. The molecule has 0 bridgehead atoms. The molecule has 3 rings (SSSR count). The molecule has 0 aliphatic heterocycles. The predicted octanol–water partition coefficient (Wildman–Crippen LogP) is 2.69. The molecule has 3 aromatic rings. The summed E-state index contributed by atoms with van der Waals surface area (Å²) in [7, 11) is 0. The van der Waals surface area contributed by atoms with Gasteiger partial charge in [-0.25, -0.2) is 4.98 Å². The minimum Gasteiger partial charge on any atom is -0.391 e. The molecule has 0 saturated heterocycles. The minimum atomic E-state index is -0.562. The molecule has 5 heteroatoms. The zero-order valence-electron chi connectivity index (χ0n) is 13.6. The number of aryl methyl sites for hydroxylation is 1. The number of aliphatic hydroxyl groups is 1. The Kier molecular flexibility index (Phi) is 4.62. The number of aromatic nitrogens is 2. The van der Waals surface area contributed by atoms with Crippen LogP contribution in [-0.2, 0) is 6.42 Å². The van der Waals surface area contributed by atoms with Gasteiger partial charge in [-0.1, -0.05) is 42.5 Å². The van der Waals surface area contributed by atoms with Crippen molar-refractivity contribution in [2.75, 3.05) is 0 Å². The fourth-order valence-electron chi connectivity index (χ4n) is 2.99. The van der Waals surface area contributed by atoms with Crippen molar-refractivity contribution in [2.24, 2.45) is 5.73 Å². The van der Waals surface area contributed by atoms with Crippen LogP contribution in [0.15, 0.2) is 55.0 Å². The summed E-state index contributed by atoms with van der Waals surface area (Å²) in [6.07, 6.45) is 4.16. The van der Waals surface area contributed by atoms with Crippen molar-refractivity contribution < 1.29 is 9.90 Å². The van der Waals surface area contributed by atoms with Crippen LogP contribution in [0.25, 0.3) is 10.8 Å². The van der Waals surface area contributed by atoms with E-state index >= 15 is 0 Å². The Morgan fingerprint density at radius 1 is 1.25 bits per heavy atom. The number of amides is 1. The zero-order valence-corrected chi connectivity index (χ0v) is 13.6. The first-order valence-corrected chi connectivity index (χ1v) is 8.03. The molecule has 0 radical (unpaired) electrons. The number of primary amides is 1. The predicted molar refractivity (Wildman–Crippen MR) is 93.7 cm³/mol. The van der Waals surface area contributed by atoms with Gasteiger partial charge in [0.25, 0.3) is 5.91 Å². The van der Waals surface area contributed by atoms with Crippen molar-refractivity contribution in [1.82, 2.24) is 9.55 Å². The van der Waals surface area contributed by atoms with Crippen LogP contribution in [0.3, 0.4) is 0 Å². The third kappa shape index (κ3) is 3.46. The van der Waals surface area contributed by atoms with Gasteiger partial charge in [-0.05, 0) is 36.1 Å². The Bertz CT molecular complexity index is 854. The summed E-state index contributed by atoms with van der Waals surface area (Å²) >= 11 is 0. The van der Waals surface area contributed by atoms with E-state index in [1.165, 1.54) is 16.3 Å². The molecule has 124 valence electrons. The Labute approximate surface area is 140 Å². The molecule has 0 spiro atoms. The smallest absolute Gasteiger partial charge is 0.268 e. The lowest BCUT2D eigenvalue weighted by atomic mass is 9.99. The molecule has 3 N–H and O–H groups in total. The fourth-order valence-corrected chi connectivity index (χ4v) is 2.99. The second-order valence-corrected chi connectivity index (χ2v) is 6.10. The Morgan fingerprint density at radius 3 is 2.67 bits per heavy atom. The van der Waals surface area contributed by atoms with Crippen LogP contribution in [0.4, 0.5) is 0 Å². The highest BCUT2D eigenvalue weighted by molar-refractivity contribution is 5.90. The quantitative estimate of drug-likeness (QED) is 0.732. The maximum atomic E-state index is 11.2. The van der Waals surface area contributed by atoms with Crippen LogP contribution >= 0.6 is 0 Å². The molecule has 1 amide bonds. The number of nitrogens with zero attached hydrogens (tertiary/aromatic N) is 2. The molecule has 1 aromatic heterocycles. The number of hydrogen-bond donors (Lipinski definition) is 2. The molecule has 0 fully saturated rings. The largest absolute Gasteiger partial charge is 0.391 e. The summed E-state index contributed by atoms with van der Waals surface area (Å²) in [5.74, 6) is -0.562. The standard InChI is InChI=1S/C19H21N3O2/c1-13(23)18(22-11-17(19(20)24)21-12-22)9-7-14-6-8-15-4-2-3-5-16(15)10-14/h2-6,8,10-13,18,23H,7,9H2,1H3,(H2,20,24)/t13-,18+/m0/s1. The Hall–Kier alpha value is -2.66. The molecule has 24 heavy (non-hydrogen) atoms. The summed E-state index contributed by atoms with van der Waals surface area (Å²) in [6.45, 7) is 1.75. The average molecular weight is 323 g/mol. The second kappa shape index (κ2) is 6.84. The van der Waals surface area contributed by atoms with Crippen molar-refractivity contribution in [3.05, 3.63) is 66.2 Å². The first-order chi connectivity index (χ1) is 11.5. The van der Waals surface area contributed by atoms with E-state index in [1.807, 2.05) is 12.1 Å². The van der Waals surface area contributed by atoms with Crippen molar-refractivity contribution in [3.8, 4) is 0 Å². The highest BCUT2D eigenvalue weighted by atomic mass is 16.3. The second-order valence-electron chi connectivity index (χ2n) is 6.10. The van der Waals surface area contributed by atoms with E-state index in [4.69, 9.17) is 5.73 Å². The summed E-state index contributed by atoms with van der Waals surface area (Å²) in [6, 6.07) is 14.5. The lowest BCUT2D eigenvalue weighted by Crippen LogP contribution is -2.21.